The van der Waals surface area contributed by atoms with Gasteiger partial charge in [0, 0.05) is 12.1 Å². The number of carbonyl (C=O) groups is 1. The molecule has 0 atom stereocenters. The highest BCUT2D eigenvalue weighted by atomic mass is 16.5. The Morgan fingerprint density at radius 3 is 2.16 bits per heavy atom. The second-order valence-corrected chi connectivity index (χ2v) is 5.97. The van der Waals surface area contributed by atoms with Crippen LogP contribution in [0.5, 0.6) is 17.2 Å². The average molecular weight is 342 g/mol. The molecule has 2 aromatic rings. The van der Waals surface area contributed by atoms with E-state index in [1.54, 1.807) is 19.2 Å². The van der Waals surface area contributed by atoms with Crippen LogP contribution in [0.2, 0.25) is 0 Å². The predicted octanol–water partition coefficient (Wildman–Crippen LogP) is 4.83. The maximum atomic E-state index is 12.0. The molecule has 0 spiro atoms. The average Bonchev–Trinajstić information content (AvgIpc) is 2.64. The molecule has 4 heteroatoms. The molecule has 0 heterocycles. The van der Waals surface area contributed by atoms with Crippen molar-refractivity contribution < 1.29 is 19.0 Å². The highest BCUT2D eigenvalue weighted by Gasteiger charge is 2.17. The first-order chi connectivity index (χ1) is 12.1. The second-order valence-electron chi connectivity index (χ2n) is 5.97. The van der Waals surface area contributed by atoms with Gasteiger partial charge in [-0.15, -0.1) is 0 Å². The van der Waals surface area contributed by atoms with Gasteiger partial charge in [-0.05, 0) is 30.9 Å². The second kappa shape index (κ2) is 9.11. The van der Waals surface area contributed by atoms with Crippen LogP contribution in [-0.2, 0) is 13.0 Å². The van der Waals surface area contributed by atoms with Crippen molar-refractivity contribution in [2.45, 2.75) is 39.7 Å². The third-order valence-corrected chi connectivity index (χ3v) is 4.08. The number of hydrogen-bond acceptors (Lipinski definition) is 4. The number of carbonyl (C=O) groups excluding carboxylic acids is 1. The van der Waals surface area contributed by atoms with Crippen molar-refractivity contribution in [3.8, 4) is 17.2 Å². The van der Waals surface area contributed by atoms with E-state index < -0.39 is 0 Å². The fourth-order valence-corrected chi connectivity index (χ4v) is 2.65. The van der Waals surface area contributed by atoms with E-state index in [0.717, 1.165) is 12.0 Å². The molecule has 0 aliphatic carbocycles. The summed E-state index contributed by atoms with van der Waals surface area (Å²) in [7, 11) is 3.10. The molecule has 0 radical (unpaired) electrons. The molecule has 0 saturated heterocycles. The Labute approximate surface area is 149 Å². The molecule has 0 aliphatic rings. The summed E-state index contributed by atoms with van der Waals surface area (Å²) in [5, 5.41) is 0. The predicted molar refractivity (Wildman–Crippen MR) is 98.9 cm³/mol. The third kappa shape index (κ3) is 4.99. The van der Waals surface area contributed by atoms with E-state index >= 15 is 0 Å². The lowest BCUT2D eigenvalue weighted by molar-refractivity contribution is 0.101. The van der Waals surface area contributed by atoms with Gasteiger partial charge in [-0.25, -0.2) is 0 Å². The molecule has 0 fully saturated rings. The lowest BCUT2D eigenvalue weighted by atomic mass is 10.1. The number of methoxy groups -OCH3 is 2. The zero-order valence-corrected chi connectivity index (χ0v) is 15.4. The SMILES string of the molecule is CCCCc1ccc(COc2cc(OC)cc(OC)c2C(C)=O)cc1. The number of Topliss-reactive ketones (excluding diaryl/α,β-unsaturated/α-hetero) is 1. The van der Waals surface area contributed by atoms with Crippen LogP contribution in [-0.4, -0.2) is 20.0 Å². The molecular formula is C21H26O4. The third-order valence-electron chi connectivity index (χ3n) is 4.08. The first kappa shape index (κ1) is 18.8. The largest absolute Gasteiger partial charge is 0.496 e. The van der Waals surface area contributed by atoms with Gasteiger partial charge in [-0.3, -0.25) is 4.79 Å². The van der Waals surface area contributed by atoms with E-state index in [-0.39, 0.29) is 5.78 Å². The maximum Gasteiger partial charge on any atom is 0.167 e. The summed E-state index contributed by atoms with van der Waals surface area (Å²) in [5.41, 5.74) is 2.82. The van der Waals surface area contributed by atoms with E-state index in [9.17, 15) is 4.79 Å². The number of hydrogen-bond donors (Lipinski definition) is 0. The quantitative estimate of drug-likeness (QED) is 0.612. The number of rotatable bonds is 9. The molecular weight excluding hydrogens is 316 g/mol. The van der Waals surface area contributed by atoms with Crippen molar-refractivity contribution in [1.29, 1.82) is 0 Å². The Hall–Kier alpha value is -2.49. The summed E-state index contributed by atoms with van der Waals surface area (Å²) in [6.45, 7) is 4.07. The molecule has 0 N–H and O–H groups in total. The number of benzene rings is 2. The minimum atomic E-state index is -0.107. The molecule has 0 bridgehead atoms. The molecule has 25 heavy (non-hydrogen) atoms. The van der Waals surface area contributed by atoms with Gasteiger partial charge in [-0.1, -0.05) is 37.6 Å². The van der Waals surface area contributed by atoms with Gasteiger partial charge < -0.3 is 14.2 Å². The number of ketones is 1. The molecule has 0 aliphatic heterocycles. The molecule has 134 valence electrons. The number of ether oxygens (including phenoxy) is 3. The maximum absolute atomic E-state index is 12.0. The zero-order chi connectivity index (χ0) is 18.2. The van der Waals surface area contributed by atoms with Gasteiger partial charge >= 0.3 is 0 Å². The van der Waals surface area contributed by atoms with Crippen LogP contribution in [0, 0.1) is 0 Å². The fourth-order valence-electron chi connectivity index (χ4n) is 2.65. The van der Waals surface area contributed by atoms with E-state index in [1.807, 2.05) is 0 Å². The minimum Gasteiger partial charge on any atom is -0.496 e. The van der Waals surface area contributed by atoms with E-state index in [4.69, 9.17) is 14.2 Å². The zero-order valence-electron chi connectivity index (χ0n) is 15.4. The van der Waals surface area contributed by atoms with E-state index in [2.05, 4.69) is 31.2 Å². The lowest BCUT2D eigenvalue weighted by Gasteiger charge is -2.15. The van der Waals surface area contributed by atoms with E-state index in [0.29, 0.717) is 29.4 Å². The summed E-state index contributed by atoms with van der Waals surface area (Å²) in [5.74, 6) is 1.41. The highest BCUT2D eigenvalue weighted by Crippen LogP contribution is 2.35. The van der Waals surface area contributed by atoms with E-state index in [1.165, 1.54) is 32.4 Å². The number of aryl methyl sites for hydroxylation is 1. The van der Waals surface area contributed by atoms with Gasteiger partial charge in [0.2, 0.25) is 0 Å². The molecule has 0 aromatic heterocycles. The monoisotopic (exact) mass is 342 g/mol. The molecule has 0 unspecified atom stereocenters. The lowest BCUT2D eigenvalue weighted by Crippen LogP contribution is -2.05. The Morgan fingerprint density at radius 2 is 1.60 bits per heavy atom. The van der Waals surface area contributed by atoms with Crippen LogP contribution < -0.4 is 14.2 Å². The summed E-state index contributed by atoms with van der Waals surface area (Å²) < 4.78 is 16.5. The van der Waals surface area contributed by atoms with Crippen molar-refractivity contribution >= 4 is 5.78 Å². The normalized spacial score (nSPS) is 10.4. The van der Waals surface area contributed by atoms with Crippen molar-refractivity contribution in [2.24, 2.45) is 0 Å². The van der Waals surface area contributed by atoms with Gasteiger partial charge in [0.1, 0.15) is 29.4 Å². The molecule has 4 nitrogen and oxygen atoms in total. The summed E-state index contributed by atoms with van der Waals surface area (Å²) >= 11 is 0. The highest BCUT2D eigenvalue weighted by molar-refractivity contribution is 6.00. The van der Waals surface area contributed by atoms with Crippen LogP contribution in [0.4, 0.5) is 0 Å². The molecule has 2 rings (SSSR count). The van der Waals surface area contributed by atoms with Crippen LogP contribution in [0.15, 0.2) is 36.4 Å². The van der Waals surface area contributed by atoms with Crippen LogP contribution in [0.3, 0.4) is 0 Å². The Bertz CT molecular complexity index is 705. The van der Waals surface area contributed by atoms with Crippen LogP contribution >= 0.6 is 0 Å². The Kier molecular flexibility index (Phi) is 6.87. The molecule has 2 aromatic carbocycles. The van der Waals surface area contributed by atoms with Crippen molar-refractivity contribution in [2.75, 3.05) is 14.2 Å². The Morgan fingerprint density at radius 1 is 0.960 bits per heavy atom. The Balaban J connectivity index is 2.17. The van der Waals surface area contributed by atoms with Crippen molar-refractivity contribution in [3.63, 3.8) is 0 Å². The van der Waals surface area contributed by atoms with Gasteiger partial charge in [-0.2, -0.15) is 0 Å². The van der Waals surface area contributed by atoms with Crippen molar-refractivity contribution in [3.05, 3.63) is 53.1 Å². The minimum absolute atomic E-state index is 0.107. The van der Waals surface area contributed by atoms with Gasteiger partial charge in [0.25, 0.3) is 0 Å². The van der Waals surface area contributed by atoms with Crippen LogP contribution in [0.1, 0.15) is 48.2 Å². The smallest absolute Gasteiger partial charge is 0.167 e. The van der Waals surface area contributed by atoms with Gasteiger partial charge in [0.05, 0.1) is 14.2 Å². The first-order valence-corrected chi connectivity index (χ1v) is 8.56. The summed E-state index contributed by atoms with van der Waals surface area (Å²) in [6.07, 6.45) is 3.48. The first-order valence-electron chi connectivity index (χ1n) is 8.56. The molecule has 0 amide bonds. The van der Waals surface area contributed by atoms with Crippen LogP contribution in [0.25, 0.3) is 0 Å². The summed E-state index contributed by atoms with van der Waals surface area (Å²) in [6, 6.07) is 11.8. The summed E-state index contributed by atoms with van der Waals surface area (Å²) in [4.78, 5) is 12.0. The topological polar surface area (TPSA) is 44.8 Å². The molecule has 0 saturated carbocycles. The standard InChI is InChI=1S/C21H26O4/c1-5-6-7-16-8-10-17(11-9-16)14-25-20-13-18(23-3)12-19(24-4)21(20)15(2)22/h8-13H,5-7,14H2,1-4H3. The fraction of sp³-hybridized carbons (Fsp3) is 0.381. The van der Waals surface area contributed by atoms with Gasteiger partial charge in [0.15, 0.2) is 5.78 Å². The van der Waals surface area contributed by atoms with Crippen molar-refractivity contribution in [1.82, 2.24) is 0 Å². The number of unbranched alkanes of at least 4 members (excludes halogenated alkanes) is 1.